The molecule has 0 bridgehead atoms. The van der Waals surface area contributed by atoms with E-state index in [2.05, 4.69) is 15.4 Å². The van der Waals surface area contributed by atoms with E-state index < -0.39 is 23.3 Å². The Morgan fingerprint density at radius 1 is 1.07 bits per heavy atom. The monoisotopic (exact) mass is 422 g/mol. The fourth-order valence-corrected chi connectivity index (χ4v) is 2.89. The molecule has 3 aromatic rings. The van der Waals surface area contributed by atoms with Crippen molar-refractivity contribution in [3.05, 3.63) is 70.6 Å². The number of amides is 1. The fraction of sp³-hybridized carbons (Fsp3) is 0.250. The first-order valence-corrected chi connectivity index (χ1v) is 9.04. The lowest BCUT2D eigenvalue weighted by molar-refractivity contribution is -0.143. The largest absolute Gasteiger partial charge is 0.434 e. The highest BCUT2D eigenvalue weighted by Crippen LogP contribution is 2.34. The topological polar surface area (TPSA) is 59.8 Å². The molecule has 1 aromatic carbocycles. The van der Waals surface area contributed by atoms with Crippen molar-refractivity contribution in [1.82, 2.24) is 14.8 Å². The molecule has 0 unspecified atom stereocenters. The highest BCUT2D eigenvalue weighted by Gasteiger charge is 2.41. The smallest absolute Gasteiger partial charge is 0.322 e. The fourth-order valence-electron chi connectivity index (χ4n) is 2.73. The molecule has 5 nitrogen and oxygen atoms in total. The molecule has 0 atom stereocenters. The van der Waals surface area contributed by atoms with Crippen LogP contribution in [0.4, 0.5) is 18.9 Å². The van der Waals surface area contributed by atoms with E-state index in [-0.39, 0.29) is 16.4 Å². The van der Waals surface area contributed by atoms with Crippen molar-refractivity contribution >= 4 is 23.2 Å². The molecule has 0 radical (unpaired) electrons. The van der Waals surface area contributed by atoms with Gasteiger partial charge in [0.1, 0.15) is 5.15 Å². The van der Waals surface area contributed by atoms with Crippen LogP contribution in [0.2, 0.25) is 5.15 Å². The molecule has 0 saturated heterocycles. The third-order valence-corrected chi connectivity index (χ3v) is 4.42. The van der Waals surface area contributed by atoms with Crippen molar-refractivity contribution in [2.24, 2.45) is 0 Å². The summed E-state index contributed by atoms with van der Waals surface area (Å²) in [6.45, 7) is 6.11. The lowest BCUT2D eigenvalue weighted by atomic mass is 9.87. The predicted molar refractivity (Wildman–Crippen MR) is 104 cm³/mol. The molecule has 0 spiro atoms. The van der Waals surface area contributed by atoms with Gasteiger partial charge in [0.05, 0.1) is 11.8 Å². The second-order valence-electron chi connectivity index (χ2n) is 7.42. The Morgan fingerprint density at radius 3 is 2.28 bits per heavy atom. The number of nitrogens with one attached hydrogen (secondary N) is 1. The zero-order valence-electron chi connectivity index (χ0n) is 15.9. The molecule has 152 valence electrons. The van der Waals surface area contributed by atoms with Crippen LogP contribution in [-0.2, 0) is 11.6 Å². The summed E-state index contributed by atoms with van der Waals surface area (Å²) in [5.74, 6) is -1.06. The van der Waals surface area contributed by atoms with Gasteiger partial charge >= 0.3 is 6.18 Å². The van der Waals surface area contributed by atoms with E-state index in [0.717, 1.165) is 11.8 Å². The van der Waals surface area contributed by atoms with E-state index in [1.807, 2.05) is 32.9 Å². The van der Waals surface area contributed by atoms with Crippen LogP contribution in [0.5, 0.6) is 0 Å². The molecule has 0 aliphatic carbocycles. The number of hydrogen-bond donors (Lipinski definition) is 1. The van der Waals surface area contributed by atoms with Gasteiger partial charge in [-0.15, -0.1) is 0 Å². The lowest BCUT2D eigenvalue weighted by Gasteiger charge is -2.19. The van der Waals surface area contributed by atoms with Crippen molar-refractivity contribution in [1.29, 1.82) is 0 Å². The minimum absolute atomic E-state index is 0.0102. The summed E-state index contributed by atoms with van der Waals surface area (Å²) in [5, 5.41) is 6.21. The van der Waals surface area contributed by atoms with Crippen LogP contribution >= 0.6 is 11.6 Å². The molecule has 0 saturated carbocycles. The molecule has 0 aliphatic rings. The third kappa shape index (κ3) is 4.59. The number of nitrogens with zero attached hydrogens (tertiary/aromatic N) is 3. The van der Waals surface area contributed by atoms with Crippen LogP contribution in [0.1, 0.15) is 42.4 Å². The van der Waals surface area contributed by atoms with E-state index in [1.165, 1.54) is 18.2 Å². The highest BCUT2D eigenvalue weighted by molar-refractivity contribution is 6.29. The van der Waals surface area contributed by atoms with E-state index in [9.17, 15) is 18.0 Å². The summed E-state index contributed by atoms with van der Waals surface area (Å²) in [6, 6.07) is 11.1. The van der Waals surface area contributed by atoms with Crippen LogP contribution in [0.15, 0.2) is 48.7 Å². The predicted octanol–water partition coefficient (Wildman–Crippen LogP) is 5.49. The Labute approximate surface area is 170 Å². The van der Waals surface area contributed by atoms with Gasteiger partial charge in [-0.2, -0.15) is 18.3 Å². The first kappa shape index (κ1) is 20.9. The number of rotatable bonds is 3. The first-order valence-electron chi connectivity index (χ1n) is 8.67. The second-order valence-corrected chi connectivity index (χ2v) is 7.80. The van der Waals surface area contributed by atoms with Gasteiger partial charge in [0, 0.05) is 5.69 Å². The van der Waals surface area contributed by atoms with E-state index >= 15 is 0 Å². The van der Waals surface area contributed by atoms with Gasteiger partial charge in [0.25, 0.3) is 5.91 Å². The van der Waals surface area contributed by atoms with E-state index in [4.69, 9.17) is 11.6 Å². The Bertz CT molecular complexity index is 1040. The second kappa shape index (κ2) is 7.51. The summed E-state index contributed by atoms with van der Waals surface area (Å²) in [4.78, 5) is 16.4. The van der Waals surface area contributed by atoms with Crippen LogP contribution < -0.4 is 5.32 Å². The molecule has 9 heteroatoms. The van der Waals surface area contributed by atoms with Crippen LogP contribution in [0, 0.1) is 0 Å². The van der Waals surface area contributed by atoms with Crippen LogP contribution in [-0.4, -0.2) is 20.7 Å². The maximum absolute atomic E-state index is 13.7. The summed E-state index contributed by atoms with van der Waals surface area (Å²) >= 11 is 5.77. The maximum atomic E-state index is 13.7. The number of carbonyl (C=O) groups is 1. The Balaban J connectivity index is 1.95. The van der Waals surface area contributed by atoms with Crippen molar-refractivity contribution < 1.29 is 18.0 Å². The highest BCUT2D eigenvalue weighted by atomic mass is 35.5. The van der Waals surface area contributed by atoms with E-state index in [0.29, 0.717) is 10.4 Å². The summed E-state index contributed by atoms with van der Waals surface area (Å²) in [5.41, 5.74) is -0.511. The number of halogens is 4. The maximum Gasteiger partial charge on any atom is 0.434 e. The van der Waals surface area contributed by atoms with Gasteiger partial charge in [-0.3, -0.25) is 4.79 Å². The molecule has 29 heavy (non-hydrogen) atoms. The summed E-state index contributed by atoms with van der Waals surface area (Å²) < 4.78 is 41.7. The average molecular weight is 423 g/mol. The summed E-state index contributed by atoms with van der Waals surface area (Å²) in [6.07, 6.45) is -3.96. The Kier molecular flexibility index (Phi) is 5.40. The number of anilines is 1. The van der Waals surface area contributed by atoms with Crippen molar-refractivity contribution in [2.45, 2.75) is 32.4 Å². The third-order valence-electron chi connectivity index (χ3n) is 4.21. The van der Waals surface area contributed by atoms with Gasteiger partial charge in [0.15, 0.2) is 11.5 Å². The lowest BCUT2D eigenvalue weighted by Crippen LogP contribution is -2.21. The van der Waals surface area contributed by atoms with E-state index in [1.54, 1.807) is 12.1 Å². The standard InChI is InChI=1S/C20H18ClF3N4O/c1-19(2,3)12-7-9-13(10-8-12)26-18(29)14-11-25-28(17(14)20(22,23)24)16-6-4-5-15(21)27-16/h4-11H,1-3H3,(H,26,29). The van der Waals surface area contributed by atoms with Crippen molar-refractivity contribution in [3.8, 4) is 5.82 Å². The zero-order valence-corrected chi connectivity index (χ0v) is 16.6. The molecule has 0 aliphatic heterocycles. The van der Waals surface area contributed by atoms with Crippen molar-refractivity contribution in [3.63, 3.8) is 0 Å². The number of hydrogen-bond acceptors (Lipinski definition) is 3. The number of benzene rings is 1. The Morgan fingerprint density at radius 2 is 1.72 bits per heavy atom. The van der Waals surface area contributed by atoms with Gasteiger partial charge in [-0.05, 0) is 35.2 Å². The number of carbonyl (C=O) groups excluding carboxylic acids is 1. The quantitative estimate of drug-likeness (QED) is 0.568. The molecule has 2 heterocycles. The number of alkyl halides is 3. The molecule has 0 fully saturated rings. The first-order chi connectivity index (χ1) is 13.5. The Hall–Kier alpha value is -2.87. The SMILES string of the molecule is CC(C)(C)c1ccc(NC(=O)c2cnn(-c3cccc(Cl)n3)c2C(F)(F)F)cc1. The molecule has 2 aromatic heterocycles. The van der Waals surface area contributed by atoms with Crippen molar-refractivity contribution in [2.75, 3.05) is 5.32 Å². The van der Waals surface area contributed by atoms with Crippen LogP contribution in [0.3, 0.4) is 0 Å². The molecular weight excluding hydrogens is 405 g/mol. The number of pyridine rings is 1. The molecular formula is C20H18ClF3N4O. The summed E-state index contributed by atoms with van der Waals surface area (Å²) in [7, 11) is 0. The normalized spacial score (nSPS) is 12.1. The minimum Gasteiger partial charge on any atom is -0.322 e. The van der Waals surface area contributed by atoms with Gasteiger partial charge in [-0.1, -0.05) is 50.6 Å². The number of aromatic nitrogens is 3. The van der Waals surface area contributed by atoms with Gasteiger partial charge in [0.2, 0.25) is 0 Å². The average Bonchev–Trinajstić information content (AvgIpc) is 3.07. The molecule has 3 rings (SSSR count). The van der Waals surface area contributed by atoms with Gasteiger partial charge in [-0.25, -0.2) is 9.67 Å². The zero-order chi connectivity index (χ0) is 21.4. The molecule has 1 N–H and O–H groups in total. The molecule has 1 amide bonds. The van der Waals surface area contributed by atoms with Gasteiger partial charge < -0.3 is 5.32 Å². The minimum atomic E-state index is -4.83. The van der Waals surface area contributed by atoms with Crippen LogP contribution in [0.25, 0.3) is 5.82 Å².